The van der Waals surface area contributed by atoms with E-state index >= 15 is 0 Å². The van der Waals surface area contributed by atoms with E-state index in [2.05, 4.69) is 19.2 Å². The van der Waals surface area contributed by atoms with Crippen LogP contribution in [0, 0.1) is 0 Å². The second kappa shape index (κ2) is 8.30. The molecule has 0 radical (unpaired) electrons. The summed E-state index contributed by atoms with van der Waals surface area (Å²) in [5, 5.41) is 3.41. The molecule has 0 amide bonds. The SMILES string of the molecule is CCCCCC(Cc1ccc(C(F)(F)F)cc1)NCC. The van der Waals surface area contributed by atoms with Gasteiger partial charge in [-0.05, 0) is 37.1 Å². The molecule has 1 atom stereocenters. The number of rotatable bonds is 8. The monoisotopic (exact) mass is 287 g/mol. The van der Waals surface area contributed by atoms with E-state index in [0.29, 0.717) is 6.04 Å². The van der Waals surface area contributed by atoms with Crippen LogP contribution in [0.25, 0.3) is 0 Å². The maximum absolute atomic E-state index is 12.5. The first-order valence-electron chi connectivity index (χ1n) is 7.36. The van der Waals surface area contributed by atoms with E-state index in [9.17, 15) is 13.2 Å². The number of hydrogen-bond donors (Lipinski definition) is 1. The molecule has 114 valence electrons. The molecule has 0 bridgehead atoms. The summed E-state index contributed by atoms with van der Waals surface area (Å²) in [6.45, 7) is 5.11. The van der Waals surface area contributed by atoms with Gasteiger partial charge in [-0.1, -0.05) is 45.2 Å². The molecule has 1 aromatic carbocycles. The van der Waals surface area contributed by atoms with Crippen LogP contribution in [0.1, 0.15) is 50.7 Å². The van der Waals surface area contributed by atoms with E-state index in [1.807, 2.05) is 0 Å². The van der Waals surface area contributed by atoms with Crippen molar-refractivity contribution >= 4 is 0 Å². The Hall–Kier alpha value is -1.03. The highest BCUT2D eigenvalue weighted by Gasteiger charge is 2.29. The normalized spacial score (nSPS) is 13.4. The van der Waals surface area contributed by atoms with Gasteiger partial charge in [0.1, 0.15) is 0 Å². The molecule has 0 heterocycles. The fourth-order valence-corrected chi connectivity index (χ4v) is 2.32. The van der Waals surface area contributed by atoms with Gasteiger partial charge in [0.05, 0.1) is 5.56 Å². The summed E-state index contributed by atoms with van der Waals surface area (Å²) in [5.74, 6) is 0. The number of alkyl halides is 3. The number of halogens is 3. The minimum absolute atomic E-state index is 0.350. The van der Waals surface area contributed by atoms with E-state index in [0.717, 1.165) is 31.4 Å². The summed E-state index contributed by atoms with van der Waals surface area (Å²) in [7, 11) is 0. The molecule has 0 aliphatic rings. The average molecular weight is 287 g/mol. The first-order valence-corrected chi connectivity index (χ1v) is 7.36. The van der Waals surface area contributed by atoms with Crippen molar-refractivity contribution in [1.29, 1.82) is 0 Å². The van der Waals surface area contributed by atoms with Gasteiger partial charge in [0.2, 0.25) is 0 Å². The largest absolute Gasteiger partial charge is 0.416 e. The molecule has 1 N–H and O–H groups in total. The molecule has 0 spiro atoms. The molecule has 1 rings (SSSR count). The van der Waals surface area contributed by atoms with Gasteiger partial charge in [0, 0.05) is 6.04 Å². The Morgan fingerprint density at radius 3 is 2.20 bits per heavy atom. The summed E-state index contributed by atoms with van der Waals surface area (Å²) in [4.78, 5) is 0. The Morgan fingerprint density at radius 1 is 1.05 bits per heavy atom. The number of hydrogen-bond acceptors (Lipinski definition) is 1. The molecule has 0 fully saturated rings. The minimum atomic E-state index is -4.25. The van der Waals surface area contributed by atoms with Crippen molar-refractivity contribution in [3.8, 4) is 0 Å². The topological polar surface area (TPSA) is 12.0 Å². The van der Waals surface area contributed by atoms with Crippen LogP contribution in [-0.4, -0.2) is 12.6 Å². The van der Waals surface area contributed by atoms with Crippen molar-refractivity contribution in [1.82, 2.24) is 5.32 Å². The highest BCUT2D eigenvalue weighted by atomic mass is 19.4. The van der Waals surface area contributed by atoms with Crippen molar-refractivity contribution in [2.75, 3.05) is 6.54 Å². The molecule has 1 aromatic rings. The van der Waals surface area contributed by atoms with E-state index in [1.54, 1.807) is 12.1 Å². The van der Waals surface area contributed by atoms with Crippen molar-refractivity contribution in [3.05, 3.63) is 35.4 Å². The molecular weight excluding hydrogens is 263 g/mol. The van der Waals surface area contributed by atoms with Crippen LogP contribution in [0.5, 0.6) is 0 Å². The number of benzene rings is 1. The van der Waals surface area contributed by atoms with Gasteiger partial charge in [-0.25, -0.2) is 0 Å². The lowest BCUT2D eigenvalue weighted by atomic mass is 9.99. The number of nitrogens with one attached hydrogen (secondary N) is 1. The van der Waals surface area contributed by atoms with Gasteiger partial charge in [-0.2, -0.15) is 13.2 Å². The third-order valence-corrected chi connectivity index (χ3v) is 3.41. The van der Waals surface area contributed by atoms with E-state index in [4.69, 9.17) is 0 Å². The Bertz CT molecular complexity index is 370. The molecule has 4 heteroatoms. The summed E-state index contributed by atoms with van der Waals surface area (Å²) in [5.41, 5.74) is 0.382. The highest BCUT2D eigenvalue weighted by Crippen LogP contribution is 2.29. The Kier molecular flexibility index (Phi) is 7.06. The molecule has 0 aromatic heterocycles. The van der Waals surface area contributed by atoms with Gasteiger partial charge < -0.3 is 5.32 Å². The van der Waals surface area contributed by atoms with Crippen LogP contribution >= 0.6 is 0 Å². The highest BCUT2D eigenvalue weighted by molar-refractivity contribution is 5.25. The van der Waals surface area contributed by atoms with E-state index < -0.39 is 11.7 Å². The predicted molar refractivity (Wildman–Crippen MR) is 76.8 cm³/mol. The summed E-state index contributed by atoms with van der Waals surface area (Å²) >= 11 is 0. The zero-order valence-electron chi connectivity index (χ0n) is 12.3. The van der Waals surface area contributed by atoms with Gasteiger partial charge in [0.25, 0.3) is 0 Å². The molecule has 0 aliphatic carbocycles. The Balaban J connectivity index is 2.59. The van der Waals surface area contributed by atoms with Gasteiger partial charge in [0.15, 0.2) is 0 Å². The fraction of sp³-hybridized carbons (Fsp3) is 0.625. The van der Waals surface area contributed by atoms with Crippen LogP contribution in [0.2, 0.25) is 0 Å². The van der Waals surface area contributed by atoms with Crippen molar-refractivity contribution in [3.63, 3.8) is 0 Å². The quantitative estimate of drug-likeness (QED) is 0.677. The van der Waals surface area contributed by atoms with Crippen molar-refractivity contribution < 1.29 is 13.2 Å². The van der Waals surface area contributed by atoms with Gasteiger partial charge in [-0.15, -0.1) is 0 Å². The second-order valence-electron chi connectivity index (χ2n) is 5.15. The summed E-state index contributed by atoms with van der Waals surface area (Å²) in [6, 6.07) is 5.87. The molecule has 0 saturated carbocycles. The maximum Gasteiger partial charge on any atom is 0.416 e. The van der Waals surface area contributed by atoms with Crippen molar-refractivity contribution in [2.24, 2.45) is 0 Å². The lowest BCUT2D eigenvalue weighted by Crippen LogP contribution is -2.30. The van der Waals surface area contributed by atoms with Crippen LogP contribution in [0.15, 0.2) is 24.3 Å². The Labute approximate surface area is 119 Å². The number of likely N-dealkylation sites (N-methyl/N-ethyl adjacent to an activating group) is 1. The van der Waals surface area contributed by atoms with Gasteiger partial charge >= 0.3 is 6.18 Å². The van der Waals surface area contributed by atoms with Crippen LogP contribution in [0.3, 0.4) is 0 Å². The fourth-order valence-electron chi connectivity index (χ4n) is 2.32. The second-order valence-corrected chi connectivity index (χ2v) is 5.15. The lowest BCUT2D eigenvalue weighted by molar-refractivity contribution is -0.137. The van der Waals surface area contributed by atoms with Gasteiger partial charge in [-0.3, -0.25) is 0 Å². The first-order chi connectivity index (χ1) is 9.47. The molecular formula is C16H24F3N. The van der Waals surface area contributed by atoms with Crippen LogP contribution in [-0.2, 0) is 12.6 Å². The molecule has 20 heavy (non-hydrogen) atoms. The first kappa shape index (κ1) is 17.0. The third kappa shape index (κ3) is 5.95. The number of unbranched alkanes of at least 4 members (excludes halogenated alkanes) is 2. The zero-order valence-corrected chi connectivity index (χ0v) is 12.3. The molecule has 0 saturated heterocycles. The van der Waals surface area contributed by atoms with Crippen molar-refractivity contribution in [2.45, 2.75) is 58.2 Å². The maximum atomic E-state index is 12.5. The molecule has 1 unspecified atom stereocenters. The standard InChI is InChI=1S/C16H24F3N/c1-3-5-6-7-15(20-4-2)12-13-8-10-14(11-9-13)16(17,18)19/h8-11,15,20H,3-7,12H2,1-2H3. The van der Waals surface area contributed by atoms with E-state index in [-0.39, 0.29) is 0 Å². The molecule has 0 aliphatic heterocycles. The summed E-state index contributed by atoms with van der Waals surface area (Å²) < 4.78 is 37.5. The Morgan fingerprint density at radius 2 is 1.70 bits per heavy atom. The average Bonchev–Trinajstić information content (AvgIpc) is 2.39. The lowest BCUT2D eigenvalue weighted by Gasteiger charge is -2.18. The van der Waals surface area contributed by atoms with Crippen LogP contribution in [0.4, 0.5) is 13.2 Å². The predicted octanol–water partition coefficient (Wildman–Crippen LogP) is 4.81. The minimum Gasteiger partial charge on any atom is -0.314 e. The zero-order chi connectivity index (χ0) is 15.0. The molecule has 1 nitrogen and oxygen atoms in total. The smallest absolute Gasteiger partial charge is 0.314 e. The van der Waals surface area contributed by atoms with E-state index in [1.165, 1.54) is 25.0 Å². The summed E-state index contributed by atoms with van der Waals surface area (Å²) in [6.07, 6.45) is 1.15. The van der Waals surface area contributed by atoms with Crippen LogP contribution < -0.4 is 5.32 Å². The third-order valence-electron chi connectivity index (χ3n) is 3.41.